The molecule has 0 bridgehead atoms. The van der Waals surface area contributed by atoms with Crippen LogP contribution in [0.1, 0.15) is 38.5 Å². The van der Waals surface area contributed by atoms with Crippen LogP contribution in [0.15, 0.2) is 49.1 Å². The third-order valence-electron chi connectivity index (χ3n) is 3.95. The Labute approximate surface area is 151 Å². The molecule has 2 rings (SSSR count). The molecular weight excluding hydrogens is 316 g/mol. The first-order chi connectivity index (χ1) is 12.4. The van der Waals surface area contributed by atoms with E-state index in [1.807, 2.05) is 24.5 Å². The van der Waals surface area contributed by atoms with Crippen molar-refractivity contribution in [3.8, 4) is 0 Å². The van der Waals surface area contributed by atoms with E-state index >= 15 is 0 Å². The summed E-state index contributed by atoms with van der Waals surface area (Å²) in [6.07, 6.45) is 14.5. The van der Waals surface area contributed by atoms with Gasteiger partial charge in [0.05, 0.1) is 0 Å². The van der Waals surface area contributed by atoms with Crippen molar-refractivity contribution in [3.05, 3.63) is 49.1 Å². The standard InChI is InChI=1S/C20H32N2O3/c1-2-12-21(11-1)13-5-6-16-23-17-7-8-18-24-19-9-10-20-25-22-14-3-4-15-22/h1-4,11-12,14-15H,5-10,13,16-20H2. The van der Waals surface area contributed by atoms with Crippen LogP contribution in [0.5, 0.6) is 0 Å². The maximum atomic E-state index is 5.66. The number of aryl methyl sites for hydroxylation is 1. The molecule has 0 saturated heterocycles. The molecule has 0 saturated carbocycles. The van der Waals surface area contributed by atoms with Gasteiger partial charge >= 0.3 is 0 Å². The summed E-state index contributed by atoms with van der Waals surface area (Å²) in [6.45, 7) is 5.17. The molecule has 2 aromatic heterocycles. The van der Waals surface area contributed by atoms with Gasteiger partial charge in [0.25, 0.3) is 0 Å². The number of ether oxygens (including phenoxy) is 2. The Balaban J connectivity index is 1.24. The molecule has 2 heterocycles. The molecule has 0 fully saturated rings. The first-order valence-corrected chi connectivity index (χ1v) is 9.47. The Bertz CT molecular complexity index is 451. The third-order valence-corrected chi connectivity index (χ3v) is 3.95. The van der Waals surface area contributed by atoms with Crippen LogP contribution in [0.2, 0.25) is 0 Å². The van der Waals surface area contributed by atoms with Crippen LogP contribution in [-0.4, -0.2) is 42.3 Å². The fourth-order valence-electron chi connectivity index (χ4n) is 2.51. The number of hydrogen-bond acceptors (Lipinski definition) is 3. The molecule has 0 unspecified atom stereocenters. The van der Waals surface area contributed by atoms with Crippen molar-refractivity contribution in [1.29, 1.82) is 0 Å². The lowest BCUT2D eigenvalue weighted by Gasteiger charge is -2.07. The number of unbranched alkanes of at least 4 members (excludes halogenated alkanes) is 3. The van der Waals surface area contributed by atoms with Gasteiger partial charge in [0.2, 0.25) is 0 Å². The average Bonchev–Trinajstić information content (AvgIpc) is 3.32. The zero-order valence-corrected chi connectivity index (χ0v) is 15.2. The summed E-state index contributed by atoms with van der Waals surface area (Å²) >= 11 is 0. The van der Waals surface area contributed by atoms with Crippen molar-refractivity contribution in [1.82, 2.24) is 9.30 Å². The highest BCUT2D eigenvalue weighted by molar-refractivity contribution is 4.90. The molecule has 0 aliphatic carbocycles. The fourth-order valence-corrected chi connectivity index (χ4v) is 2.51. The Morgan fingerprint density at radius 3 is 1.60 bits per heavy atom. The molecule has 25 heavy (non-hydrogen) atoms. The predicted molar refractivity (Wildman–Crippen MR) is 99.7 cm³/mol. The highest BCUT2D eigenvalue weighted by Crippen LogP contribution is 1.99. The number of hydrogen-bond donors (Lipinski definition) is 0. The summed E-state index contributed by atoms with van der Waals surface area (Å²) in [5.74, 6) is 0. The average molecular weight is 348 g/mol. The lowest BCUT2D eigenvalue weighted by atomic mass is 10.3. The van der Waals surface area contributed by atoms with Crippen LogP contribution in [0.25, 0.3) is 0 Å². The Morgan fingerprint density at radius 1 is 0.520 bits per heavy atom. The van der Waals surface area contributed by atoms with Crippen molar-refractivity contribution in [2.24, 2.45) is 0 Å². The number of aromatic nitrogens is 2. The van der Waals surface area contributed by atoms with Crippen LogP contribution < -0.4 is 4.84 Å². The molecule has 140 valence electrons. The van der Waals surface area contributed by atoms with Crippen molar-refractivity contribution in [2.45, 2.75) is 45.1 Å². The lowest BCUT2D eigenvalue weighted by molar-refractivity contribution is 0.0835. The molecule has 0 radical (unpaired) electrons. The summed E-state index contributed by atoms with van der Waals surface area (Å²) < 4.78 is 15.3. The van der Waals surface area contributed by atoms with E-state index < -0.39 is 0 Å². The maximum Gasteiger partial charge on any atom is 0.115 e. The van der Waals surface area contributed by atoms with Crippen LogP contribution in [0.4, 0.5) is 0 Å². The normalized spacial score (nSPS) is 11.0. The fraction of sp³-hybridized carbons (Fsp3) is 0.600. The second kappa shape index (κ2) is 13.6. The molecule has 0 aromatic carbocycles. The second-order valence-electron chi connectivity index (χ2n) is 6.14. The largest absolute Gasteiger partial charge is 0.414 e. The van der Waals surface area contributed by atoms with Gasteiger partial charge in [0.15, 0.2) is 0 Å². The van der Waals surface area contributed by atoms with Crippen molar-refractivity contribution in [3.63, 3.8) is 0 Å². The van der Waals surface area contributed by atoms with E-state index in [1.54, 1.807) is 4.73 Å². The summed E-state index contributed by atoms with van der Waals surface area (Å²) in [5, 5.41) is 0. The van der Waals surface area contributed by atoms with Crippen LogP contribution in [0.3, 0.4) is 0 Å². The third kappa shape index (κ3) is 9.99. The zero-order valence-electron chi connectivity index (χ0n) is 15.2. The Kier molecular flexibility index (Phi) is 10.6. The van der Waals surface area contributed by atoms with Gasteiger partial charge in [-0.3, -0.25) is 0 Å². The van der Waals surface area contributed by atoms with Gasteiger partial charge in [-0.15, -0.1) is 0 Å². The van der Waals surface area contributed by atoms with Gasteiger partial charge in [-0.1, -0.05) is 0 Å². The first-order valence-electron chi connectivity index (χ1n) is 9.47. The molecule has 0 aliphatic rings. The molecular formula is C20H32N2O3. The van der Waals surface area contributed by atoms with Gasteiger partial charge in [-0.25, -0.2) is 0 Å². The Hall–Kier alpha value is -1.72. The van der Waals surface area contributed by atoms with E-state index in [0.29, 0.717) is 0 Å². The molecule has 0 spiro atoms. The summed E-state index contributed by atoms with van der Waals surface area (Å²) in [5.41, 5.74) is 0. The monoisotopic (exact) mass is 348 g/mol. The van der Waals surface area contributed by atoms with E-state index in [1.165, 1.54) is 6.42 Å². The highest BCUT2D eigenvalue weighted by atomic mass is 16.7. The summed E-state index contributed by atoms with van der Waals surface area (Å²) in [4.78, 5) is 5.51. The second-order valence-corrected chi connectivity index (χ2v) is 6.14. The van der Waals surface area contributed by atoms with Gasteiger partial charge in [-0.05, 0) is 62.8 Å². The molecule has 0 aliphatic heterocycles. The van der Waals surface area contributed by atoms with Crippen LogP contribution in [0, 0.1) is 0 Å². The minimum absolute atomic E-state index is 0.732. The lowest BCUT2D eigenvalue weighted by Crippen LogP contribution is -2.11. The molecule has 0 amide bonds. The van der Waals surface area contributed by atoms with Crippen molar-refractivity contribution < 1.29 is 14.3 Å². The van der Waals surface area contributed by atoms with E-state index in [-0.39, 0.29) is 0 Å². The van der Waals surface area contributed by atoms with Gasteiger partial charge in [-0.2, -0.15) is 4.73 Å². The minimum Gasteiger partial charge on any atom is -0.414 e. The molecule has 0 N–H and O–H groups in total. The van der Waals surface area contributed by atoms with E-state index in [2.05, 4.69) is 29.1 Å². The molecule has 0 atom stereocenters. The predicted octanol–water partition coefficient (Wildman–Crippen LogP) is 3.79. The van der Waals surface area contributed by atoms with Crippen LogP contribution in [-0.2, 0) is 16.0 Å². The number of nitrogens with zero attached hydrogens (tertiary/aromatic N) is 2. The van der Waals surface area contributed by atoms with Crippen molar-refractivity contribution in [2.75, 3.05) is 33.0 Å². The molecule has 5 heteroatoms. The topological polar surface area (TPSA) is 37.6 Å². The van der Waals surface area contributed by atoms with Gasteiger partial charge in [0.1, 0.15) is 6.61 Å². The number of rotatable bonds is 16. The highest BCUT2D eigenvalue weighted by Gasteiger charge is 1.95. The Morgan fingerprint density at radius 2 is 1.00 bits per heavy atom. The SMILES string of the molecule is c1ccn(CCCCOCCCCOCCCCOn2cccc2)c1. The maximum absolute atomic E-state index is 5.66. The summed E-state index contributed by atoms with van der Waals surface area (Å²) in [7, 11) is 0. The van der Waals surface area contributed by atoms with Gasteiger partial charge in [0, 0.05) is 57.8 Å². The quantitative estimate of drug-likeness (QED) is 0.433. The smallest absolute Gasteiger partial charge is 0.115 e. The van der Waals surface area contributed by atoms with Crippen LogP contribution >= 0.6 is 0 Å². The van der Waals surface area contributed by atoms with E-state index in [4.69, 9.17) is 14.3 Å². The molecule has 2 aromatic rings. The zero-order chi connectivity index (χ0) is 17.4. The van der Waals surface area contributed by atoms with E-state index in [9.17, 15) is 0 Å². The first kappa shape index (κ1) is 19.6. The molecule has 5 nitrogen and oxygen atoms in total. The minimum atomic E-state index is 0.732. The summed E-state index contributed by atoms with van der Waals surface area (Å²) in [6, 6.07) is 8.04. The van der Waals surface area contributed by atoms with Crippen molar-refractivity contribution >= 4 is 0 Å². The van der Waals surface area contributed by atoms with Gasteiger partial charge < -0.3 is 18.9 Å². The van der Waals surface area contributed by atoms with E-state index in [0.717, 1.165) is 71.7 Å².